The van der Waals surface area contributed by atoms with Crippen molar-refractivity contribution >= 4 is 11.6 Å². The number of nitrogens with zero attached hydrogens (tertiary/aromatic N) is 4. The molecule has 5 heteroatoms. The van der Waals surface area contributed by atoms with Crippen LogP contribution in [-0.4, -0.2) is 19.9 Å². The fraction of sp³-hybridized carbons (Fsp3) is 0.0588. The topological polar surface area (TPSA) is 51.6 Å². The van der Waals surface area contributed by atoms with E-state index in [0.29, 0.717) is 22.5 Å². The highest BCUT2D eigenvalue weighted by atomic mass is 35.5. The van der Waals surface area contributed by atoms with Crippen molar-refractivity contribution < 1.29 is 0 Å². The van der Waals surface area contributed by atoms with Crippen molar-refractivity contribution in [3.05, 3.63) is 132 Å². The maximum atomic E-state index is 6.70. The zero-order valence-electron chi connectivity index (χ0n) is 21.6. The van der Waals surface area contributed by atoms with Gasteiger partial charge in [0.1, 0.15) is 0 Å². The van der Waals surface area contributed by atoms with Gasteiger partial charge in [-0.25, -0.2) is 15.0 Å². The van der Waals surface area contributed by atoms with E-state index in [-0.39, 0.29) is 0 Å². The van der Waals surface area contributed by atoms with Gasteiger partial charge in [0.15, 0.2) is 17.5 Å². The summed E-state index contributed by atoms with van der Waals surface area (Å²) in [4.78, 5) is 19.1. The van der Waals surface area contributed by atoms with E-state index in [2.05, 4.69) is 37.0 Å². The molecule has 0 spiro atoms. The molecule has 39 heavy (non-hydrogen) atoms. The van der Waals surface area contributed by atoms with Crippen LogP contribution in [0.25, 0.3) is 56.5 Å². The lowest BCUT2D eigenvalue weighted by Crippen LogP contribution is -2.00. The average Bonchev–Trinajstić information content (AvgIpc) is 2.99. The molecule has 0 aliphatic heterocycles. The van der Waals surface area contributed by atoms with Gasteiger partial charge in [0.05, 0.1) is 5.69 Å². The largest absolute Gasteiger partial charge is 0.256 e. The van der Waals surface area contributed by atoms with E-state index >= 15 is 0 Å². The molecule has 6 rings (SSSR count). The first kappa shape index (κ1) is 24.7. The quantitative estimate of drug-likeness (QED) is 0.226. The SMILES string of the molecule is Cc1c(-c2cc(Cl)cc(-c3nc(-c4ccccc4)nc(-c4ccccc4)n3)c2)ccc(-c2ccccn2)c1C. The molecular formula is C34H25ClN4. The first-order chi connectivity index (χ1) is 19.1. The van der Waals surface area contributed by atoms with Crippen LogP contribution < -0.4 is 0 Å². The Kier molecular flexibility index (Phi) is 6.70. The Hall–Kier alpha value is -4.67. The second kappa shape index (κ2) is 10.6. The molecule has 0 N–H and O–H groups in total. The first-order valence-electron chi connectivity index (χ1n) is 12.8. The van der Waals surface area contributed by atoms with Gasteiger partial charge in [-0.05, 0) is 66.4 Å². The van der Waals surface area contributed by atoms with Gasteiger partial charge in [-0.1, -0.05) is 90.5 Å². The molecule has 0 bridgehead atoms. The molecule has 4 aromatic carbocycles. The Bertz CT molecular complexity index is 1710. The number of aromatic nitrogens is 4. The molecule has 0 saturated heterocycles. The summed E-state index contributed by atoms with van der Waals surface area (Å²) in [6, 6.07) is 36.2. The van der Waals surface area contributed by atoms with Gasteiger partial charge in [-0.15, -0.1) is 0 Å². The summed E-state index contributed by atoms with van der Waals surface area (Å²) in [6.07, 6.45) is 1.82. The molecule has 2 aromatic heterocycles. The summed E-state index contributed by atoms with van der Waals surface area (Å²) in [6.45, 7) is 4.28. The van der Waals surface area contributed by atoms with E-state index in [1.807, 2.05) is 97.2 Å². The second-order valence-corrected chi connectivity index (χ2v) is 9.83. The third-order valence-electron chi connectivity index (χ3n) is 6.89. The van der Waals surface area contributed by atoms with Crippen LogP contribution in [-0.2, 0) is 0 Å². The second-order valence-electron chi connectivity index (χ2n) is 9.39. The number of rotatable bonds is 5. The van der Waals surface area contributed by atoms with E-state index in [1.54, 1.807) is 0 Å². The van der Waals surface area contributed by atoms with Crippen molar-refractivity contribution in [3.8, 4) is 56.5 Å². The van der Waals surface area contributed by atoms with Gasteiger partial charge in [-0.3, -0.25) is 4.98 Å². The monoisotopic (exact) mass is 524 g/mol. The summed E-state index contributed by atoms with van der Waals surface area (Å²) >= 11 is 6.70. The van der Waals surface area contributed by atoms with Gasteiger partial charge in [-0.2, -0.15) is 0 Å². The predicted octanol–water partition coefficient (Wildman–Crippen LogP) is 8.87. The minimum atomic E-state index is 0.575. The van der Waals surface area contributed by atoms with Crippen LogP contribution in [0.5, 0.6) is 0 Å². The smallest absolute Gasteiger partial charge is 0.164 e. The van der Waals surface area contributed by atoms with E-state index < -0.39 is 0 Å². The van der Waals surface area contributed by atoms with E-state index in [0.717, 1.165) is 39.1 Å². The molecule has 0 aliphatic carbocycles. The standard InChI is InChI=1S/C34H25ClN4/c1-22-23(2)30(31-15-9-10-18-36-31)17-16-29(22)26-19-27(21-28(35)20-26)34-38-32(24-11-5-3-6-12-24)37-33(39-34)25-13-7-4-8-14-25/h3-21H,1-2H3. The molecule has 0 saturated carbocycles. The molecule has 0 atom stereocenters. The molecule has 6 aromatic rings. The van der Waals surface area contributed by atoms with Crippen molar-refractivity contribution in [2.45, 2.75) is 13.8 Å². The van der Waals surface area contributed by atoms with Crippen LogP contribution in [0.2, 0.25) is 5.02 Å². The van der Waals surface area contributed by atoms with Gasteiger partial charge < -0.3 is 0 Å². The lowest BCUT2D eigenvalue weighted by Gasteiger charge is -2.15. The number of benzene rings is 4. The molecule has 188 valence electrons. The summed E-state index contributed by atoms with van der Waals surface area (Å²) in [5.41, 5.74) is 9.25. The third kappa shape index (κ3) is 5.07. The van der Waals surface area contributed by atoms with Crippen LogP contribution in [0.15, 0.2) is 115 Å². The lowest BCUT2D eigenvalue weighted by atomic mass is 9.91. The summed E-state index contributed by atoms with van der Waals surface area (Å²) in [5.74, 6) is 1.81. The molecule has 0 unspecified atom stereocenters. The van der Waals surface area contributed by atoms with Crippen LogP contribution in [0.3, 0.4) is 0 Å². The zero-order chi connectivity index (χ0) is 26.8. The Morgan fingerprint density at radius 1 is 0.487 bits per heavy atom. The maximum Gasteiger partial charge on any atom is 0.164 e. The Morgan fingerprint density at radius 2 is 1.00 bits per heavy atom. The summed E-state index contributed by atoms with van der Waals surface area (Å²) < 4.78 is 0. The molecular weight excluding hydrogens is 500 g/mol. The third-order valence-corrected chi connectivity index (χ3v) is 7.11. The molecule has 4 nitrogen and oxygen atoms in total. The summed E-state index contributed by atoms with van der Waals surface area (Å²) in [5, 5.41) is 0.622. The lowest BCUT2D eigenvalue weighted by molar-refractivity contribution is 1.07. The van der Waals surface area contributed by atoms with Gasteiger partial charge in [0.25, 0.3) is 0 Å². The summed E-state index contributed by atoms with van der Waals surface area (Å²) in [7, 11) is 0. The van der Waals surface area contributed by atoms with Crippen molar-refractivity contribution in [1.29, 1.82) is 0 Å². The van der Waals surface area contributed by atoms with Crippen LogP contribution >= 0.6 is 11.6 Å². The normalized spacial score (nSPS) is 10.9. The van der Waals surface area contributed by atoms with Crippen molar-refractivity contribution in [2.75, 3.05) is 0 Å². The number of hydrogen-bond acceptors (Lipinski definition) is 4. The minimum absolute atomic E-state index is 0.575. The van der Waals surface area contributed by atoms with Crippen LogP contribution in [0.1, 0.15) is 11.1 Å². The van der Waals surface area contributed by atoms with Crippen LogP contribution in [0, 0.1) is 13.8 Å². The Balaban J connectivity index is 1.49. The van der Waals surface area contributed by atoms with E-state index in [1.165, 1.54) is 11.1 Å². The minimum Gasteiger partial charge on any atom is -0.256 e. The Labute approximate surface area is 233 Å². The predicted molar refractivity (Wildman–Crippen MR) is 159 cm³/mol. The zero-order valence-corrected chi connectivity index (χ0v) is 22.4. The maximum absolute atomic E-state index is 6.70. The van der Waals surface area contributed by atoms with Crippen molar-refractivity contribution in [1.82, 2.24) is 19.9 Å². The van der Waals surface area contributed by atoms with E-state index in [4.69, 9.17) is 26.6 Å². The molecule has 0 amide bonds. The number of pyridine rings is 1. The van der Waals surface area contributed by atoms with Gasteiger partial charge in [0, 0.05) is 33.5 Å². The fourth-order valence-electron chi connectivity index (χ4n) is 4.74. The molecule has 0 radical (unpaired) electrons. The number of hydrogen-bond donors (Lipinski definition) is 0. The fourth-order valence-corrected chi connectivity index (χ4v) is 4.98. The van der Waals surface area contributed by atoms with Gasteiger partial charge in [0.2, 0.25) is 0 Å². The molecule has 0 fully saturated rings. The first-order valence-corrected chi connectivity index (χ1v) is 13.1. The average molecular weight is 525 g/mol. The van der Waals surface area contributed by atoms with E-state index in [9.17, 15) is 0 Å². The van der Waals surface area contributed by atoms with Crippen molar-refractivity contribution in [2.24, 2.45) is 0 Å². The van der Waals surface area contributed by atoms with Crippen molar-refractivity contribution in [3.63, 3.8) is 0 Å². The molecule has 2 heterocycles. The Morgan fingerprint density at radius 3 is 1.59 bits per heavy atom. The highest BCUT2D eigenvalue weighted by Crippen LogP contribution is 2.35. The highest BCUT2D eigenvalue weighted by molar-refractivity contribution is 6.31. The van der Waals surface area contributed by atoms with Crippen LogP contribution in [0.4, 0.5) is 0 Å². The number of halogens is 1. The van der Waals surface area contributed by atoms with Gasteiger partial charge >= 0.3 is 0 Å². The molecule has 0 aliphatic rings. The highest BCUT2D eigenvalue weighted by Gasteiger charge is 2.16.